The van der Waals surface area contributed by atoms with Crippen LogP contribution in [0.1, 0.15) is 19.8 Å². The molecule has 1 aliphatic rings. The minimum absolute atomic E-state index is 0.182. The highest BCUT2D eigenvalue weighted by molar-refractivity contribution is 5.76. The lowest BCUT2D eigenvalue weighted by atomic mass is 9.97. The van der Waals surface area contributed by atoms with Crippen LogP contribution in [0, 0.1) is 0 Å². The number of ether oxygens (including phenoxy) is 3. The lowest BCUT2D eigenvalue weighted by molar-refractivity contribution is -0.254. The fourth-order valence-electron chi connectivity index (χ4n) is 2.18. The second-order valence-corrected chi connectivity index (χ2v) is 5.56. The van der Waals surface area contributed by atoms with Gasteiger partial charge in [-0.2, -0.15) is 0 Å². The minimum atomic E-state index is -1.62. The summed E-state index contributed by atoms with van der Waals surface area (Å²) in [7, 11) is 0. The van der Waals surface area contributed by atoms with Crippen LogP contribution in [-0.2, 0) is 19.0 Å². The van der Waals surface area contributed by atoms with Gasteiger partial charge in [0.1, 0.15) is 31.0 Å². The molecule has 1 aliphatic heterocycles. The summed E-state index contributed by atoms with van der Waals surface area (Å²) in [6, 6.07) is -1.23. The SMILES string of the molecule is CCCC(=O)N[C@H]1C(O)O[C@H](COC(=O)OC(CO)CO)[C@@H](O)[C@@H]1O. The Kier molecular flexibility index (Phi) is 9.03. The number of aliphatic hydroxyl groups is 5. The number of hydrogen-bond acceptors (Lipinski definition) is 10. The van der Waals surface area contributed by atoms with E-state index >= 15 is 0 Å². The summed E-state index contributed by atoms with van der Waals surface area (Å²) < 4.78 is 14.3. The fourth-order valence-corrected chi connectivity index (χ4v) is 2.18. The second kappa shape index (κ2) is 10.5. The number of hydrogen-bond donors (Lipinski definition) is 6. The van der Waals surface area contributed by atoms with Crippen LogP contribution in [0.25, 0.3) is 0 Å². The Bertz CT molecular complexity index is 430. The molecule has 0 aromatic heterocycles. The molecule has 1 saturated heterocycles. The van der Waals surface area contributed by atoms with E-state index in [2.05, 4.69) is 14.8 Å². The Balaban J connectivity index is 2.53. The van der Waals surface area contributed by atoms with Crippen LogP contribution in [-0.4, -0.2) is 94.2 Å². The van der Waals surface area contributed by atoms with E-state index in [9.17, 15) is 24.9 Å². The van der Waals surface area contributed by atoms with Crippen LogP contribution in [0.15, 0.2) is 0 Å². The molecule has 11 nitrogen and oxygen atoms in total. The highest BCUT2D eigenvalue weighted by Crippen LogP contribution is 2.20. The van der Waals surface area contributed by atoms with Crippen molar-refractivity contribution < 1.29 is 49.3 Å². The van der Waals surface area contributed by atoms with Gasteiger partial charge >= 0.3 is 6.16 Å². The van der Waals surface area contributed by atoms with Crippen LogP contribution in [0.3, 0.4) is 0 Å². The molecule has 6 N–H and O–H groups in total. The van der Waals surface area contributed by atoms with Crippen molar-refractivity contribution in [1.82, 2.24) is 5.32 Å². The van der Waals surface area contributed by atoms with Crippen LogP contribution in [0.5, 0.6) is 0 Å². The molecule has 5 atom stereocenters. The monoisotopic (exact) mass is 367 g/mol. The third kappa shape index (κ3) is 6.38. The van der Waals surface area contributed by atoms with Gasteiger partial charge < -0.3 is 45.1 Å². The summed E-state index contributed by atoms with van der Waals surface area (Å²) in [6.45, 7) is 0.00596. The van der Waals surface area contributed by atoms with Gasteiger partial charge in [0.15, 0.2) is 12.4 Å². The summed E-state index contributed by atoms with van der Waals surface area (Å²) in [5.74, 6) is -0.418. The third-order valence-electron chi connectivity index (χ3n) is 3.56. The zero-order valence-corrected chi connectivity index (χ0v) is 13.8. The molecule has 0 saturated carbocycles. The van der Waals surface area contributed by atoms with Gasteiger partial charge in [-0.3, -0.25) is 4.79 Å². The Hall–Kier alpha value is -1.50. The molecule has 146 valence electrons. The Morgan fingerprint density at radius 3 is 2.36 bits per heavy atom. The van der Waals surface area contributed by atoms with E-state index in [0.29, 0.717) is 6.42 Å². The first kappa shape index (κ1) is 21.5. The van der Waals surface area contributed by atoms with E-state index in [1.165, 1.54) is 0 Å². The Morgan fingerprint density at radius 1 is 1.16 bits per heavy atom. The van der Waals surface area contributed by atoms with E-state index in [0.717, 1.165) is 0 Å². The van der Waals surface area contributed by atoms with E-state index < -0.39 is 68.6 Å². The number of carbonyl (C=O) groups excluding carboxylic acids is 2. The van der Waals surface area contributed by atoms with Gasteiger partial charge in [0.05, 0.1) is 13.2 Å². The third-order valence-corrected chi connectivity index (χ3v) is 3.56. The summed E-state index contributed by atoms with van der Waals surface area (Å²) >= 11 is 0. The second-order valence-electron chi connectivity index (χ2n) is 5.56. The van der Waals surface area contributed by atoms with Gasteiger partial charge in [-0.15, -0.1) is 0 Å². The van der Waals surface area contributed by atoms with Crippen molar-refractivity contribution in [3.05, 3.63) is 0 Å². The van der Waals surface area contributed by atoms with Crippen LogP contribution in [0.4, 0.5) is 4.79 Å². The maximum Gasteiger partial charge on any atom is 0.508 e. The molecule has 1 heterocycles. The molecule has 1 unspecified atom stereocenters. The first-order chi connectivity index (χ1) is 11.8. The lowest BCUT2D eigenvalue weighted by Gasteiger charge is -2.40. The predicted octanol–water partition coefficient (Wildman–Crippen LogP) is -2.78. The molecule has 1 amide bonds. The van der Waals surface area contributed by atoms with Crippen molar-refractivity contribution in [1.29, 1.82) is 0 Å². The van der Waals surface area contributed by atoms with E-state index in [4.69, 9.17) is 14.9 Å². The van der Waals surface area contributed by atoms with E-state index in [1.54, 1.807) is 6.92 Å². The summed E-state index contributed by atoms with van der Waals surface area (Å²) in [4.78, 5) is 22.9. The van der Waals surface area contributed by atoms with Gasteiger partial charge in [-0.05, 0) is 6.42 Å². The lowest BCUT2D eigenvalue weighted by Crippen LogP contribution is -2.64. The molecule has 0 aliphatic carbocycles. The molecule has 0 spiro atoms. The fraction of sp³-hybridized carbons (Fsp3) is 0.857. The van der Waals surface area contributed by atoms with Gasteiger partial charge in [-0.25, -0.2) is 4.79 Å². The predicted molar refractivity (Wildman–Crippen MR) is 80.1 cm³/mol. The van der Waals surface area contributed by atoms with Gasteiger partial charge in [0, 0.05) is 6.42 Å². The van der Waals surface area contributed by atoms with Gasteiger partial charge in [-0.1, -0.05) is 6.92 Å². The highest BCUT2D eigenvalue weighted by Gasteiger charge is 2.45. The standard InChI is InChI=1S/C14H25NO10/c1-2-3-9(18)15-10-12(20)11(19)8(25-13(10)21)6-23-14(22)24-7(4-16)5-17/h7-8,10-13,16-17,19-21H,2-6H2,1H3,(H,15,18)/t8-,10-,11-,12-,13?/m1/s1. The molecule has 25 heavy (non-hydrogen) atoms. The van der Waals surface area contributed by atoms with Crippen molar-refractivity contribution in [3.8, 4) is 0 Å². The quantitative estimate of drug-likeness (QED) is 0.246. The molecule has 1 rings (SSSR count). The first-order valence-electron chi connectivity index (χ1n) is 7.88. The Labute approximate surface area is 144 Å². The number of rotatable bonds is 8. The number of carbonyl (C=O) groups is 2. The summed E-state index contributed by atoms with van der Waals surface area (Å²) in [5.41, 5.74) is 0. The average molecular weight is 367 g/mol. The van der Waals surface area contributed by atoms with Crippen LogP contribution >= 0.6 is 0 Å². The molecule has 0 aromatic carbocycles. The van der Waals surface area contributed by atoms with Crippen LogP contribution in [0.2, 0.25) is 0 Å². The normalized spacial score (nSPS) is 29.3. The molecule has 0 bridgehead atoms. The maximum atomic E-state index is 11.6. The molecule has 11 heteroatoms. The minimum Gasteiger partial charge on any atom is -0.431 e. The van der Waals surface area contributed by atoms with Crippen molar-refractivity contribution in [3.63, 3.8) is 0 Å². The largest absolute Gasteiger partial charge is 0.508 e. The first-order valence-corrected chi connectivity index (χ1v) is 7.88. The number of aliphatic hydroxyl groups excluding tert-OH is 5. The molecule has 1 fully saturated rings. The van der Waals surface area contributed by atoms with Gasteiger partial charge in [0.25, 0.3) is 0 Å². The highest BCUT2D eigenvalue weighted by atomic mass is 16.7. The zero-order valence-electron chi connectivity index (χ0n) is 13.8. The summed E-state index contributed by atoms with van der Waals surface area (Å²) in [5, 5.41) is 49.9. The van der Waals surface area contributed by atoms with E-state index in [1.807, 2.05) is 0 Å². The molecule has 0 radical (unpaired) electrons. The average Bonchev–Trinajstić information content (AvgIpc) is 2.58. The van der Waals surface area contributed by atoms with Crippen molar-refractivity contribution in [2.24, 2.45) is 0 Å². The Morgan fingerprint density at radius 2 is 1.80 bits per heavy atom. The van der Waals surface area contributed by atoms with Crippen molar-refractivity contribution in [2.45, 2.75) is 56.5 Å². The molecular weight excluding hydrogens is 342 g/mol. The van der Waals surface area contributed by atoms with Gasteiger partial charge in [0.2, 0.25) is 5.91 Å². The molecule has 0 aromatic rings. The van der Waals surface area contributed by atoms with Crippen molar-refractivity contribution in [2.75, 3.05) is 19.8 Å². The van der Waals surface area contributed by atoms with Crippen LogP contribution < -0.4 is 5.32 Å². The van der Waals surface area contributed by atoms with Crippen molar-refractivity contribution >= 4 is 12.1 Å². The smallest absolute Gasteiger partial charge is 0.431 e. The summed E-state index contributed by atoms with van der Waals surface area (Å²) in [6.07, 6.45) is -7.61. The zero-order chi connectivity index (χ0) is 19.0. The van der Waals surface area contributed by atoms with E-state index in [-0.39, 0.29) is 6.42 Å². The maximum absolute atomic E-state index is 11.6. The molecular formula is C14H25NO10. The number of nitrogens with one attached hydrogen (secondary N) is 1. The number of amides is 1. The topological polar surface area (TPSA) is 175 Å².